The average molecular weight is 333 g/mol. The third kappa shape index (κ3) is 2.97. The Morgan fingerprint density at radius 1 is 1.00 bits per heavy atom. The van der Waals surface area contributed by atoms with Gasteiger partial charge in [-0.25, -0.2) is 4.39 Å². The van der Waals surface area contributed by atoms with Gasteiger partial charge in [0.05, 0.1) is 5.56 Å². The standard InChI is InChI=1S/C14H9BrF4/c15-8-10-6-5-9(7-13(10)16)11-3-1-2-4-12(11)14(17,18)19/h1-7H,8H2. The molecule has 0 radical (unpaired) electrons. The van der Waals surface area contributed by atoms with E-state index in [0.29, 0.717) is 10.9 Å². The first-order valence-electron chi connectivity index (χ1n) is 5.44. The molecule has 2 aromatic carbocycles. The minimum absolute atomic E-state index is 0.0185. The normalized spacial score (nSPS) is 11.6. The lowest BCUT2D eigenvalue weighted by Crippen LogP contribution is -2.07. The minimum Gasteiger partial charge on any atom is -0.207 e. The highest BCUT2D eigenvalue weighted by Gasteiger charge is 2.33. The molecule has 0 aromatic heterocycles. The van der Waals surface area contributed by atoms with Crippen LogP contribution in [0.5, 0.6) is 0 Å². The first kappa shape index (κ1) is 14.1. The average Bonchev–Trinajstić information content (AvgIpc) is 2.37. The number of rotatable bonds is 2. The molecule has 2 rings (SSSR count). The number of hydrogen-bond donors (Lipinski definition) is 0. The fourth-order valence-electron chi connectivity index (χ4n) is 1.81. The Morgan fingerprint density at radius 2 is 1.68 bits per heavy atom. The highest BCUT2D eigenvalue weighted by Crippen LogP contribution is 2.37. The van der Waals surface area contributed by atoms with E-state index in [4.69, 9.17) is 0 Å². The van der Waals surface area contributed by atoms with E-state index in [1.807, 2.05) is 0 Å². The molecule has 2 aromatic rings. The lowest BCUT2D eigenvalue weighted by molar-refractivity contribution is -0.137. The molecule has 0 unspecified atom stereocenters. The molecule has 0 heterocycles. The van der Waals surface area contributed by atoms with Gasteiger partial charge in [-0.3, -0.25) is 0 Å². The van der Waals surface area contributed by atoms with Crippen molar-refractivity contribution in [1.29, 1.82) is 0 Å². The van der Waals surface area contributed by atoms with Crippen LogP contribution >= 0.6 is 15.9 Å². The van der Waals surface area contributed by atoms with Gasteiger partial charge in [-0.05, 0) is 28.8 Å². The fraction of sp³-hybridized carbons (Fsp3) is 0.143. The summed E-state index contributed by atoms with van der Waals surface area (Å²) < 4.78 is 52.3. The van der Waals surface area contributed by atoms with Crippen LogP contribution < -0.4 is 0 Å². The Hall–Kier alpha value is -1.36. The fourth-order valence-corrected chi connectivity index (χ4v) is 2.26. The first-order valence-corrected chi connectivity index (χ1v) is 6.56. The largest absolute Gasteiger partial charge is 0.417 e. The molecule has 0 fully saturated rings. The number of benzene rings is 2. The second-order valence-electron chi connectivity index (χ2n) is 3.98. The van der Waals surface area contributed by atoms with Crippen LogP contribution in [0.15, 0.2) is 42.5 Å². The smallest absolute Gasteiger partial charge is 0.207 e. The third-order valence-corrected chi connectivity index (χ3v) is 3.34. The topological polar surface area (TPSA) is 0 Å². The molecule has 0 N–H and O–H groups in total. The van der Waals surface area contributed by atoms with Crippen molar-refractivity contribution in [1.82, 2.24) is 0 Å². The van der Waals surface area contributed by atoms with Crippen LogP contribution in [0.4, 0.5) is 17.6 Å². The van der Waals surface area contributed by atoms with Gasteiger partial charge in [-0.2, -0.15) is 13.2 Å². The van der Waals surface area contributed by atoms with Gasteiger partial charge in [0.15, 0.2) is 0 Å². The quantitative estimate of drug-likeness (QED) is 0.509. The van der Waals surface area contributed by atoms with E-state index in [2.05, 4.69) is 15.9 Å². The van der Waals surface area contributed by atoms with E-state index in [-0.39, 0.29) is 11.1 Å². The van der Waals surface area contributed by atoms with Crippen LogP contribution in [0.2, 0.25) is 0 Å². The van der Waals surface area contributed by atoms with E-state index in [0.717, 1.165) is 12.1 Å². The molecule has 0 amide bonds. The Kier molecular flexibility index (Phi) is 3.94. The van der Waals surface area contributed by atoms with Crippen LogP contribution in [0.25, 0.3) is 11.1 Å². The second kappa shape index (κ2) is 5.33. The van der Waals surface area contributed by atoms with Gasteiger partial charge in [-0.15, -0.1) is 0 Å². The zero-order chi connectivity index (χ0) is 14.0. The number of hydrogen-bond acceptors (Lipinski definition) is 0. The van der Waals surface area contributed by atoms with Crippen molar-refractivity contribution in [2.45, 2.75) is 11.5 Å². The molecule has 0 spiro atoms. The molecule has 0 aliphatic carbocycles. The lowest BCUT2D eigenvalue weighted by atomic mass is 9.98. The monoisotopic (exact) mass is 332 g/mol. The van der Waals surface area contributed by atoms with Crippen LogP contribution in [0, 0.1) is 5.82 Å². The van der Waals surface area contributed by atoms with Gasteiger partial charge in [0.2, 0.25) is 0 Å². The van der Waals surface area contributed by atoms with E-state index in [9.17, 15) is 17.6 Å². The molecule has 0 saturated carbocycles. The summed E-state index contributed by atoms with van der Waals surface area (Å²) in [7, 11) is 0. The molecular weight excluding hydrogens is 324 g/mol. The van der Waals surface area contributed by atoms with Gasteiger partial charge in [0, 0.05) is 5.33 Å². The van der Waals surface area contributed by atoms with Crippen molar-refractivity contribution < 1.29 is 17.6 Å². The maximum atomic E-state index is 13.7. The summed E-state index contributed by atoms with van der Waals surface area (Å²) in [5.41, 5.74) is -0.153. The molecule has 0 nitrogen and oxygen atoms in total. The van der Waals surface area contributed by atoms with Crippen molar-refractivity contribution >= 4 is 15.9 Å². The molecule has 0 bridgehead atoms. The summed E-state index contributed by atoms with van der Waals surface area (Å²) in [6.45, 7) is 0. The van der Waals surface area contributed by atoms with Gasteiger partial charge >= 0.3 is 6.18 Å². The van der Waals surface area contributed by atoms with Crippen LogP contribution in [0.1, 0.15) is 11.1 Å². The Morgan fingerprint density at radius 3 is 2.26 bits per heavy atom. The highest BCUT2D eigenvalue weighted by molar-refractivity contribution is 9.08. The Labute approximate surface area is 116 Å². The third-order valence-electron chi connectivity index (χ3n) is 2.74. The molecular formula is C14H9BrF4. The molecule has 5 heteroatoms. The van der Waals surface area contributed by atoms with E-state index >= 15 is 0 Å². The van der Waals surface area contributed by atoms with E-state index in [1.54, 1.807) is 0 Å². The summed E-state index contributed by atoms with van der Waals surface area (Å²) in [6, 6.07) is 9.24. The zero-order valence-corrected chi connectivity index (χ0v) is 11.2. The number of halogens is 5. The predicted octanol–water partition coefficient (Wildman–Crippen LogP) is 5.41. The Bertz CT molecular complexity index is 590. The molecule has 0 atom stereocenters. The summed E-state index contributed by atoms with van der Waals surface area (Å²) in [5, 5.41) is 0.319. The highest BCUT2D eigenvalue weighted by atomic mass is 79.9. The minimum atomic E-state index is -4.46. The van der Waals surface area contributed by atoms with E-state index < -0.39 is 17.6 Å². The first-order chi connectivity index (χ1) is 8.93. The molecule has 19 heavy (non-hydrogen) atoms. The van der Waals surface area contributed by atoms with Gasteiger partial charge in [-0.1, -0.05) is 46.3 Å². The van der Waals surface area contributed by atoms with Crippen molar-refractivity contribution in [2.75, 3.05) is 0 Å². The lowest BCUT2D eigenvalue weighted by Gasteiger charge is -2.13. The summed E-state index contributed by atoms with van der Waals surface area (Å²) >= 11 is 3.12. The van der Waals surface area contributed by atoms with Crippen molar-refractivity contribution in [2.24, 2.45) is 0 Å². The maximum absolute atomic E-state index is 13.7. The van der Waals surface area contributed by atoms with Crippen molar-refractivity contribution in [3.63, 3.8) is 0 Å². The molecule has 0 aliphatic rings. The summed E-state index contributed by atoms with van der Waals surface area (Å²) in [6.07, 6.45) is -4.46. The van der Waals surface area contributed by atoms with Gasteiger partial charge < -0.3 is 0 Å². The summed E-state index contributed by atoms with van der Waals surface area (Å²) in [5.74, 6) is -0.522. The Balaban J connectivity index is 2.57. The van der Waals surface area contributed by atoms with Crippen molar-refractivity contribution in [3.8, 4) is 11.1 Å². The molecule has 0 saturated heterocycles. The second-order valence-corrected chi connectivity index (χ2v) is 4.54. The number of alkyl halides is 4. The van der Waals surface area contributed by atoms with Crippen LogP contribution in [0.3, 0.4) is 0 Å². The maximum Gasteiger partial charge on any atom is 0.417 e. The predicted molar refractivity (Wildman–Crippen MR) is 69.5 cm³/mol. The van der Waals surface area contributed by atoms with Crippen LogP contribution in [-0.2, 0) is 11.5 Å². The summed E-state index contributed by atoms with van der Waals surface area (Å²) in [4.78, 5) is 0. The molecule has 0 aliphatic heterocycles. The van der Waals surface area contributed by atoms with Gasteiger partial charge in [0.1, 0.15) is 5.82 Å². The SMILES string of the molecule is Fc1cc(-c2ccccc2C(F)(F)F)ccc1CBr. The zero-order valence-electron chi connectivity index (χ0n) is 9.64. The molecule has 100 valence electrons. The van der Waals surface area contributed by atoms with Crippen molar-refractivity contribution in [3.05, 3.63) is 59.4 Å². The van der Waals surface area contributed by atoms with Crippen LogP contribution in [-0.4, -0.2) is 0 Å². The van der Waals surface area contributed by atoms with Gasteiger partial charge in [0.25, 0.3) is 0 Å². The van der Waals surface area contributed by atoms with E-state index in [1.165, 1.54) is 30.3 Å².